The molecule has 0 bridgehead atoms. The Kier molecular flexibility index (Phi) is 2.80. The van der Waals surface area contributed by atoms with Crippen molar-refractivity contribution in [3.05, 3.63) is 0 Å². The normalized spacial score (nSPS) is 25.2. The molecule has 2 saturated heterocycles. The number of likely N-dealkylation sites (tertiary alicyclic amines) is 1. The van der Waals surface area contributed by atoms with Crippen molar-refractivity contribution in [2.75, 3.05) is 20.1 Å². The molecule has 2 fully saturated rings. The minimum absolute atomic E-state index is 0.00495. The maximum atomic E-state index is 11.8. The van der Waals surface area contributed by atoms with Gasteiger partial charge >= 0.3 is 0 Å². The van der Waals surface area contributed by atoms with Gasteiger partial charge in [0.25, 0.3) is 11.8 Å². The number of rotatable bonds is 2. The van der Waals surface area contributed by atoms with Crippen LogP contribution in [0.3, 0.4) is 0 Å². The summed E-state index contributed by atoms with van der Waals surface area (Å²) in [6, 6.07) is 0. The third-order valence-corrected chi connectivity index (χ3v) is 3.06. The number of nitrogens with zero attached hydrogens (tertiary/aromatic N) is 2. The standard InChI is InChI=1S/C10H15N3O3/c1-12-10(16)7(9(15)11-12)6-8(14)13-4-2-3-5-13/h7H,2-6H2,1H3,(H,11,15). The molecule has 0 aromatic carbocycles. The molecule has 1 atom stereocenters. The van der Waals surface area contributed by atoms with Crippen LogP contribution < -0.4 is 5.43 Å². The van der Waals surface area contributed by atoms with Gasteiger partial charge in [-0.2, -0.15) is 0 Å². The summed E-state index contributed by atoms with van der Waals surface area (Å²) in [6.07, 6.45) is 2.02. The summed E-state index contributed by atoms with van der Waals surface area (Å²) in [5, 5.41) is 1.14. The van der Waals surface area contributed by atoms with Gasteiger partial charge in [0.1, 0.15) is 5.92 Å². The van der Waals surface area contributed by atoms with E-state index < -0.39 is 5.92 Å². The third kappa shape index (κ3) is 1.87. The number of amides is 3. The lowest BCUT2D eigenvalue weighted by atomic mass is 10.0. The van der Waals surface area contributed by atoms with Gasteiger partial charge in [-0.1, -0.05) is 0 Å². The molecular weight excluding hydrogens is 210 g/mol. The molecule has 6 heteroatoms. The van der Waals surface area contributed by atoms with Gasteiger partial charge in [-0.05, 0) is 12.8 Å². The first-order valence-corrected chi connectivity index (χ1v) is 5.45. The predicted molar refractivity (Wildman–Crippen MR) is 54.8 cm³/mol. The van der Waals surface area contributed by atoms with Crippen molar-refractivity contribution in [2.45, 2.75) is 19.3 Å². The predicted octanol–water partition coefficient (Wildman–Crippen LogP) is -0.882. The molecular formula is C10H15N3O3. The van der Waals surface area contributed by atoms with Crippen molar-refractivity contribution < 1.29 is 14.4 Å². The lowest BCUT2D eigenvalue weighted by Crippen LogP contribution is -2.32. The Labute approximate surface area is 93.5 Å². The monoisotopic (exact) mass is 225 g/mol. The molecule has 16 heavy (non-hydrogen) atoms. The van der Waals surface area contributed by atoms with Crippen molar-refractivity contribution in [3.63, 3.8) is 0 Å². The molecule has 2 aliphatic heterocycles. The molecule has 1 N–H and O–H groups in total. The lowest BCUT2D eigenvalue weighted by molar-refractivity contribution is -0.139. The molecule has 2 aliphatic rings. The molecule has 3 amide bonds. The summed E-state index contributed by atoms with van der Waals surface area (Å²) in [6.45, 7) is 1.49. The van der Waals surface area contributed by atoms with Gasteiger partial charge in [0.15, 0.2) is 0 Å². The van der Waals surface area contributed by atoms with E-state index in [1.54, 1.807) is 4.90 Å². The van der Waals surface area contributed by atoms with Crippen molar-refractivity contribution in [1.29, 1.82) is 0 Å². The fraction of sp³-hybridized carbons (Fsp3) is 0.700. The molecule has 0 aliphatic carbocycles. The fourth-order valence-corrected chi connectivity index (χ4v) is 2.09. The van der Waals surface area contributed by atoms with Crippen LogP contribution in [0.2, 0.25) is 0 Å². The second-order valence-corrected chi connectivity index (χ2v) is 4.22. The van der Waals surface area contributed by atoms with Crippen molar-refractivity contribution in [2.24, 2.45) is 5.92 Å². The summed E-state index contributed by atoms with van der Waals surface area (Å²) >= 11 is 0. The average molecular weight is 225 g/mol. The highest BCUT2D eigenvalue weighted by Crippen LogP contribution is 2.17. The van der Waals surface area contributed by atoms with E-state index in [2.05, 4.69) is 5.43 Å². The summed E-state index contributed by atoms with van der Waals surface area (Å²) in [7, 11) is 1.49. The first kappa shape index (κ1) is 10.9. The molecule has 0 aromatic rings. The van der Waals surface area contributed by atoms with Gasteiger partial charge < -0.3 is 4.90 Å². The second kappa shape index (κ2) is 4.11. The van der Waals surface area contributed by atoms with Crippen LogP contribution in [-0.2, 0) is 14.4 Å². The topological polar surface area (TPSA) is 69.7 Å². The first-order valence-electron chi connectivity index (χ1n) is 5.45. The maximum absolute atomic E-state index is 11.8. The van der Waals surface area contributed by atoms with E-state index in [-0.39, 0.29) is 24.1 Å². The van der Waals surface area contributed by atoms with Crippen LogP contribution in [0.15, 0.2) is 0 Å². The molecule has 88 valence electrons. The van der Waals surface area contributed by atoms with Crippen molar-refractivity contribution in [3.8, 4) is 0 Å². The Bertz CT molecular complexity index is 336. The second-order valence-electron chi connectivity index (χ2n) is 4.22. The number of hydrazine groups is 1. The smallest absolute Gasteiger partial charge is 0.253 e. The summed E-state index contributed by atoms with van der Waals surface area (Å²) < 4.78 is 0. The number of carbonyl (C=O) groups is 3. The molecule has 0 spiro atoms. The molecule has 2 rings (SSSR count). The van der Waals surface area contributed by atoms with Crippen LogP contribution in [0.5, 0.6) is 0 Å². The van der Waals surface area contributed by atoms with Crippen molar-refractivity contribution >= 4 is 17.7 Å². The van der Waals surface area contributed by atoms with E-state index in [0.29, 0.717) is 0 Å². The number of nitrogens with one attached hydrogen (secondary N) is 1. The van der Waals surface area contributed by atoms with E-state index >= 15 is 0 Å². The summed E-state index contributed by atoms with van der Waals surface area (Å²) in [5.41, 5.74) is 2.39. The van der Waals surface area contributed by atoms with Gasteiger partial charge in [-0.3, -0.25) is 24.8 Å². The highest BCUT2D eigenvalue weighted by molar-refractivity contribution is 6.07. The lowest BCUT2D eigenvalue weighted by Gasteiger charge is -2.16. The van der Waals surface area contributed by atoms with Crippen LogP contribution in [0.4, 0.5) is 0 Å². The zero-order chi connectivity index (χ0) is 11.7. The molecule has 0 aromatic heterocycles. The summed E-state index contributed by atoms with van der Waals surface area (Å²) in [5.74, 6) is -1.63. The van der Waals surface area contributed by atoms with E-state index in [9.17, 15) is 14.4 Å². The largest absolute Gasteiger partial charge is 0.343 e. The maximum Gasteiger partial charge on any atom is 0.253 e. The molecule has 0 radical (unpaired) electrons. The number of carbonyl (C=O) groups excluding carboxylic acids is 3. The zero-order valence-electron chi connectivity index (χ0n) is 9.23. The van der Waals surface area contributed by atoms with Gasteiger partial charge in [0.05, 0.1) is 0 Å². The van der Waals surface area contributed by atoms with Gasteiger partial charge in [0, 0.05) is 26.6 Å². The SMILES string of the molecule is CN1NC(=O)C(CC(=O)N2CCCC2)C1=O. The molecule has 0 saturated carbocycles. The van der Waals surface area contributed by atoms with Gasteiger partial charge in [-0.15, -0.1) is 0 Å². The fourth-order valence-electron chi connectivity index (χ4n) is 2.09. The third-order valence-electron chi connectivity index (χ3n) is 3.06. The van der Waals surface area contributed by atoms with Crippen LogP contribution in [0, 0.1) is 5.92 Å². The van der Waals surface area contributed by atoms with Gasteiger partial charge in [-0.25, -0.2) is 0 Å². The van der Waals surface area contributed by atoms with Gasteiger partial charge in [0.2, 0.25) is 5.91 Å². The number of hydrogen-bond donors (Lipinski definition) is 1. The molecule has 2 heterocycles. The highest BCUT2D eigenvalue weighted by atomic mass is 16.2. The number of hydrogen-bond acceptors (Lipinski definition) is 3. The van der Waals surface area contributed by atoms with Crippen LogP contribution in [-0.4, -0.2) is 47.8 Å². The highest BCUT2D eigenvalue weighted by Gasteiger charge is 2.39. The molecule has 1 unspecified atom stereocenters. The molecule has 6 nitrogen and oxygen atoms in total. The minimum atomic E-state index is -0.835. The Morgan fingerprint density at radius 1 is 1.38 bits per heavy atom. The van der Waals surface area contributed by atoms with Crippen LogP contribution >= 0.6 is 0 Å². The Morgan fingerprint density at radius 3 is 2.50 bits per heavy atom. The zero-order valence-corrected chi connectivity index (χ0v) is 9.23. The van der Waals surface area contributed by atoms with Crippen molar-refractivity contribution in [1.82, 2.24) is 15.3 Å². The van der Waals surface area contributed by atoms with Crippen LogP contribution in [0.1, 0.15) is 19.3 Å². The Morgan fingerprint density at radius 2 is 2.00 bits per heavy atom. The van der Waals surface area contributed by atoms with E-state index in [1.165, 1.54) is 7.05 Å². The average Bonchev–Trinajstić information content (AvgIpc) is 2.83. The Hall–Kier alpha value is -1.59. The van der Waals surface area contributed by atoms with Crippen LogP contribution in [0.25, 0.3) is 0 Å². The summed E-state index contributed by atoms with van der Waals surface area (Å²) in [4.78, 5) is 36.4. The van der Waals surface area contributed by atoms with E-state index in [1.807, 2.05) is 0 Å². The quantitative estimate of drug-likeness (QED) is 0.620. The first-order chi connectivity index (χ1) is 7.59. The van der Waals surface area contributed by atoms with E-state index in [0.717, 1.165) is 30.9 Å². The Balaban J connectivity index is 1.96. The van der Waals surface area contributed by atoms with E-state index in [4.69, 9.17) is 0 Å². The minimum Gasteiger partial charge on any atom is -0.343 e.